The Kier molecular flexibility index (Phi) is 2.57. The first kappa shape index (κ1) is 8.17. The van der Waals surface area contributed by atoms with E-state index in [1.807, 2.05) is 19.1 Å². The number of rotatable bonds is 2. The van der Waals surface area contributed by atoms with Crippen molar-refractivity contribution in [2.75, 3.05) is 6.54 Å². The highest BCUT2D eigenvalue weighted by Gasteiger charge is 2.01. The van der Waals surface area contributed by atoms with Gasteiger partial charge in [0.1, 0.15) is 0 Å². The zero-order valence-corrected chi connectivity index (χ0v) is 6.62. The van der Waals surface area contributed by atoms with Crippen LogP contribution in [0, 0.1) is 6.92 Å². The second-order valence-corrected chi connectivity index (χ2v) is 2.58. The maximum atomic E-state index is 5.68. The molecule has 1 unspecified atom stereocenters. The lowest BCUT2D eigenvalue weighted by molar-refractivity contribution is 0.732. The van der Waals surface area contributed by atoms with E-state index in [1.165, 1.54) is 0 Å². The third kappa shape index (κ3) is 2.00. The monoisotopic (exact) mass is 151 g/mol. The molecule has 60 valence electrons. The Morgan fingerprint density at radius 2 is 2.27 bits per heavy atom. The second kappa shape index (κ2) is 3.46. The van der Waals surface area contributed by atoms with E-state index in [0.29, 0.717) is 6.54 Å². The Labute approximate surface area is 66.4 Å². The normalized spacial score (nSPS) is 13.0. The summed E-state index contributed by atoms with van der Waals surface area (Å²) in [6.45, 7) is 2.41. The number of aromatic nitrogens is 1. The summed E-state index contributed by atoms with van der Waals surface area (Å²) in [6.07, 6.45) is 1.77. The molecule has 0 radical (unpaired) electrons. The fraction of sp³-hybridized carbons (Fsp3) is 0.375. The lowest BCUT2D eigenvalue weighted by Crippen LogP contribution is -2.20. The predicted octanol–water partition coefficient (Wildman–Crippen LogP) is 0.349. The molecule has 3 nitrogen and oxygen atoms in total. The van der Waals surface area contributed by atoms with Gasteiger partial charge >= 0.3 is 0 Å². The number of pyridine rings is 1. The predicted molar refractivity (Wildman–Crippen MR) is 45.0 cm³/mol. The van der Waals surface area contributed by atoms with Crippen molar-refractivity contribution < 1.29 is 0 Å². The highest BCUT2D eigenvalue weighted by atomic mass is 14.7. The molecule has 0 amide bonds. The summed E-state index contributed by atoms with van der Waals surface area (Å²) in [5.41, 5.74) is 13.1. The van der Waals surface area contributed by atoms with E-state index < -0.39 is 0 Å². The van der Waals surface area contributed by atoms with Gasteiger partial charge in [-0.2, -0.15) is 0 Å². The minimum atomic E-state index is -0.0805. The summed E-state index contributed by atoms with van der Waals surface area (Å²) in [7, 11) is 0. The average molecular weight is 151 g/mol. The summed E-state index contributed by atoms with van der Waals surface area (Å²) < 4.78 is 0. The van der Waals surface area contributed by atoms with Gasteiger partial charge in [-0.3, -0.25) is 4.98 Å². The third-order valence-electron chi connectivity index (χ3n) is 1.62. The zero-order valence-electron chi connectivity index (χ0n) is 6.62. The van der Waals surface area contributed by atoms with Gasteiger partial charge < -0.3 is 11.5 Å². The van der Waals surface area contributed by atoms with E-state index in [2.05, 4.69) is 4.98 Å². The number of hydrogen-bond donors (Lipinski definition) is 2. The van der Waals surface area contributed by atoms with E-state index in [-0.39, 0.29) is 6.04 Å². The molecule has 0 bridgehead atoms. The van der Waals surface area contributed by atoms with Gasteiger partial charge in [0.25, 0.3) is 0 Å². The van der Waals surface area contributed by atoms with Crippen LogP contribution in [0.1, 0.15) is 17.3 Å². The topological polar surface area (TPSA) is 64.9 Å². The van der Waals surface area contributed by atoms with Crippen LogP contribution in [0.5, 0.6) is 0 Å². The Balaban J connectivity index is 2.81. The van der Waals surface area contributed by atoms with Crippen molar-refractivity contribution in [3.63, 3.8) is 0 Å². The lowest BCUT2D eigenvalue weighted by atomic mass is 10.1. The first-order valence-electron chi connectivity index (χ1n) is 3.62. The molecule has 0 aliphatic heterocycles. The summed E-state index contributed by atoms with van der Waals surface area (Å²) >= 11 is 0. The largest absolute Gasteiger partial charge is 0.329 e. The lowest BCUT2D eigenvalue weighted by Gasteiger charge is -2.07. The molecule has 0 fully saturated rings. The van der Waals surface area contributed by atoms with Crippen LogP contribution in [0.2, 0.25) is 0 Å². The van der Waals surface area contributed by atoms with Crippen LogP contribution >= 0.6 is 0 Å². The summed E-state index contributed by atoms with van der Waals surface area (Å²) in [5.74, 6) is 0. The van der Waals surface area contributed by atoms with Crippen molar-refractivity contribution in [1.29, 1.82) is 0 Å². The molecule has 1 atom stereocenters. The van der Waals surface area contributed by atoms with Crippen molar-refractivity contribution >= 4 is 0 Å². The molecule has 1 aromatic heterocycles. The Hall–Kier alpha value is -0.930. The molecule has 1 aromatic rings. The SMILES string of the molecule is Cc1ccc(C(N)CN)cn1. The molecule has 1 rings (SSSR count). The molecule has 0 saturated carbocycles. The Morgan fingerprint density at radius 1 is 1.55 bits per heavy atom. The molecule has 0 saturated heterocycles. The molecule has 4 N–H and O–H groups in total. The van der Waals surface area contributed by atoms with Crippen molar-refractivity contribution in [2.45, 2.75) is 13.0 Å². The van der Waals surface area contributed by atoms with Crippen LogP contribution in [0.4, 0.5) is 0 Å². The standard InChI is InChI=1S/C8H13N3/c1-6-2-3-7(5-11-6)8(10)4-9/h2-3,5,8H,4,9-10H2,1H3. The van der Waals surface area contributed by atoms with Crippen LogP contribution in [0.3, 0.4) is 0 Å². The highest BCUT2D eigenvalue weighted by Crippen LogP contribution is 2.06. The van der Waals surface area contributed by atoms with Crippen LogP contribution in [-0.4, -0.2) is 11.5 Å². The molecule has 11 heavy (non-hydrogen) atoms. The number of hydrogen-bond acceptors (Lipinski definition) is 3. The maximum absolute atomic E-state index is 5.68. The van der Waals surface area contributed by atoms with Gasteiger partial charge in [-0.05, 0) is 18.6 Å². The second-order valence-electron chi connectivity index (χ2n) is 2.58. The van der Waals surface area contributed by atoms with Crippen molar-refractivity contribution in [3.05, 3.63) is 29.6 Å². The maximum Gasteiger partial charge on any atom is 0.0434 e. The van der Waals surface area contributed by atoms with Crippen molar-refractivity contribution in [2.24, 2.45) is 11.5 Å². The van der Waals surface area contributed by atoms with Gasteiger partial charge in [-0.25, -0.2) is 0 Å². The smallest absolute Gasteiger partial charge is 0.0434 e. The minimum absolute atomic E-state index is 0.0805. The average Bonchev–Trinajstić information content (AvgIpc) is 2.05. The van der Waals surface area contributed by atoms with E-state index in [1.54, 1.807) is 6.20 Å². The van der Waals surface area contributed by atoms with Crippen molar-refractivity contribution in [3.8, 4) is 0 Å². The van der Waals surface area contributed by atoms with Crippen LogP contribution < -0.4 is 11.5 Å². The molecule has 0 spiro atoms. The van der Waals surface area contributed by atoms with Crippen LogP contribution in [0.25, 0.3) is 0 Å². The van der Waals surface area contributed by atoms with E-state index in [4.69, 9.17) is 11.5 Å². The molecule has 0 aliphatic rings. The first-order valence-corrected chi connectivity index (χ1v) is 3.62. The molecular weight excluding hydrogens is 138 g/mol. The Bertz CT molecular complexity index is 217. The number of nitrogens with two attached hydrogens (primary N) is 2. The molecule has 1 heterocycles. The van der Waals surface area contributed by atoms with Gasteiger partial charge in [0.2, 0.25) is 0 Å². The molecule has 3 heteroatoms. The van der Waals surface area contributed by atoms with E-state index >= 15 is 0 Å². The quantitative estimate of drug-likeness (QED) is 0.641. The molecular formula is C8H13N3. The Morgan fingerprint density at radius 3 is 2.73 bits per heavy atom. The van der Waals surface area contributed by atoms with E-state index in [9.17, 15) is 0 Å². The number of aryl methyl sites for hydroxylation is 1. The van der Waals surface area contributed by atoms with Gasteiger partial charge in [0.05, 0.1) is 0 Å². The van der Waals surface area contributed by atoms with Gasteiger partial charge in [-0.15, -0.1) is 0 Å². The van der Waals surface area contributed by atoms with Gasteiger partial charge in [0.15, 0.2) is 0 Å². The van der Waals surface area contributed by atoms with Crippen LogP contribution in [-0.2, 0) is 0 Å². The van der Waals surface area contributed by atoms with Crippen molar-refractivity contribution in [1.82, 2.24) is 4.98 Å². The minimum Gasteiger partial charge on any atom is -0.329 e. The first-order chi connectivity index (χ1) is 5.24. The number of nitrogens with zero attached hydrogens (tertiary/aromatic N) is 1. The highest BCUT2D eigenvalue weighted by molar-refractivity contribution is 5.16. The summed E-state index contributed by atoms with van der Waals surface area (Å²) in [4.78, 5) is 4.11. The van der Waals surface area contributed by atoms with E-state index in [0.717, 1.165) is 11.3 Å². The summed E-state index contributed by atoms with van der Waals surface area (Å²) in [6, 6.07) is 3.81. The fourth-order valence-electron chi connectivity index (χ4n) is 0.835. The zero-order chi connectivity index (χ0) is 8.27. The summed E-state index contributed by atoms with van der Waals surface area (Å²) in [5, 5.41) is 0. The van der Waals surface area contributed by atoms with Gasteiger partial charge in [0, 0.05) is 24.5 Å². The molecule has 0 aliphatic carbocycles. The fourth-order valence-corrected chi connectivity index (χ4v) is 0.835. The third-order valence-corrected chi connectivity index (χ3v) is 1.62. The van der Waals surface area contributed by atoms with Crippen LogP contribution in [0.15, 0.2) is 18.3 Å². The van der Waals surface area contributed by atoms with Gasteiger partial charge in [-0.1, -0.05) is 6.07 Å². The molecule has 0 aromatic carbocycles.